The van der Waals surface area contributed by atoms with E-state index in [-0.39, 0.29) is 11.7 Å². The van der Waals surface area contributed by atoms with E-state index < -0.39 is 0 Å². The Morgan fingerprint density at radius 2 is 1.81 bits per heavy atom. The van der Waals surface area contributed by atoms with Crippen LogP contribution in [0.5, 0.6) is 5.75 Å². The van der Waals surface area contributed by atoms with Crippen molar-refractivity contribution in [1.29, 1.82) is 0 Å². The minimum atomic E-state index is -0.183. The molecule has 1 fully saturated rings. The van der Waals surface area contributed by atoms with E-state index in [1.54, 1.807) is 23.6 Å². The van der Waals surface area contributed by atoms with Crippen LogP contribution in [0.4, 0.5) is 10.1 Å². The fraction of sp³-hybridized carbons (Fsp3) is 0.310. The van der Waals surface area contributed by atoms with Gasteiger partial charge in [-0.05, 0) is 72.7 Å². The number of benzene rings is 2. The van der Waals surface area contributed by atoms with Crippen LogP contribution in [-0.2, 0) is 13.0 Å². The lowest BCUT2D eigenvalue weighted by atomic mass is 9.89. The summed E-state index contributed by atoms with van der Waals surface area (Å²) in [5, 5.41) is 3.05. The Hall–Kier alpha value is -3.87. The number of rotatable bonds is 7. The first-order valence-corrected chi connectivity index (χ1v) is 12.5. The van der Waals surface area contributed by atoms with Crippen LogP contribution < -0.4 is 15.0 Å². The van der Waals surface area contributed by atoms with Gasteiger partial charge in [0.2, 0.25) is 0 Å². The second kappa shape index (κ2) is 10.4. The minimum absolute atomic E-state index is 0.153. The number of aromatic nitrogens is 2. The van der Waals surface area contributed by atoms with E-state index in [0.29, 0.717) is 36.0 Å². The zero-order chi connectivity index (χ0) is 25.1. The van der Waals surface area contributed by atoms with E-state index in [4.69, 9.17) is 4.74 Å². The number of pyridine rings is 1. The summed E-state index contributed by atoms with van der Waals surface area (Å²) in [6.07, 6.45) is 4.59. The summed E-state index contributed by atoms with van der Waals surface area (Å²) in [4.78, 5) is 20.1. The smallest absolute Gasteiger partial charge is 0.270 e. The van der Waals surface area contributed by atoms with Gasteiger partial charge in [-0.25, -0.2) is 9.37 Å². The van der Waals surface area contributed by atoms with Crippen LogP contribution in [0.2, 0.25) is 0 Å². The summed E-state index contributed by atoms with van der Waals surface area (Å²) in [5.41, 5.74) is 5.39. The van der Waals surface area contributed by atoms with E-state index in [1.165, 1.54) is 11.3 Å². The van der Waals surface area contributed by atoms with Crippen molar-refractivity contribution in [2.24, 2.45) is 0 Å². The van der Waals surface area contributed by atoms with Crippen LogP contribution in [0.15, 0.2) is 66.9 Å². The average Bonchev–Trinajstić information content (AvgIpc) is 3.32. The summed E-state index contributed by atoms with van der Waals surface area (Å²) >= 11 is 0. The average molecular weight is 487 g/mol. The molecule has 1 aliphatic heterocycles. The molecule has 0 unspecified atom stereocenters. The van der Waals surface area contributed by atoms with E-state index in [0.717, 1.165) is 37.2 Å². The van der Waals surface area contributed by atoms with Gasteiger partial charge in [0.25, 0.3) is 5.91 Å². The molecule has 4 aromatic rings. The Labute approximate surface area is 210 Å². The van der Waals surface area contributed by atoms with Crippen molar-refractivity contribution < 1.29 is 13.9 Å². The number of nitrogens with zero attached hydrogens (tertiary/aromatic N) is 3. The monoisotopic (exact) mass is 486 g/mol. The number of carbonyl (C=O) groups is 1. The quantitative estimate of drug-likeness (QED) is 0.382. The number of hydrogen-bond acceptors (Lipinski definition) is 4. The van der Waals surface area contributed by atoms with Crippen LogP contribution in [0.3, 0.4) is 0 Å². The van der Waals surface area contributed by atoms with E-state index >= 15 is 0 Å². The molecule has 0 atom stereocenters. The summed E-state index contributed by atoms with van der Waals surface area (Å²) in [6, 6.07) is 19.0. The third-order valence-electron chi connectivity index (χ3n) is 7.05. The van der Waals surface area contributed by atoms with Gasteiger partial charge in [-0.3, -0.25) is 9.20 Å². The van der Waals surface area contributed by atoms with E-state index in [1.807, 2.05) is 37.4 Å². The topological polar surface area (TPSA) is 58.9 Å². The highest BCUT2D eigenvalue weighted by molar-refractivity contribution is 5.95. The van der Waals surface area contributed by atoms with Crippen LogP contribution in [-0.4, -0.2) is 35.5 Å². The second-order valence-corrected chi connectivity index (χ2v) is 9.19. The number of imidazole rings is 1. The van der Waals surface area contributed by atoms with Crippen molar-refractivity contribution in [2.45, 2.75) is 38.6 Å². The number of halogens is 1. The van der Waals surface area contributed by atoms with Crippen molar-refractivity contribution in [1.82, 2.24) is 14.7 Å². The third-order valence-corrected chi connectivity index (χ3v) is 7.05. The maximum Gasteiger partial charge on any atom is 0.270 e. The fourth-order valence-corrected chi connectivity index (χ4v) is 5.03. The molecule has 2 aromatic carbocycles. The van der Waals surface area contributed by atoms with E-state index in [9.17, 15) is 9.18 Å². The normalized spacial score (nSPS) is 14.2. The maximum absolute atomic E-state index is 13.2. The molecule has 0 saturated carbocycles. The molecule has 36 heavy (non-hydrogen) atoms. The zero-order valence-corrected chi connectivity index (χ0v) is 20.7. The molecule has 1 saturated heterocycles. The number of aryl methyl sites for hydroxylation is 1. The molecule has 3 heterocycles. The van der Waals surface area contributed by atoms with Crippen molar-refractivity contribution in [3.63, 3.8) is 0 Å². The van der Waals surface area contributed by atoms with E-state index in [2.05, 4.69) is 39.5 Å². The Morgan fingerprint density at radius 3 is 2.47 bits per heavy atom. The lowest BCUT2D eigenvalue weighted by Crippen LogP contribution is -2.32. The number of carbonyl (C=O) groups excluding carboxylic acids is 1. The number of hydrogen-bond donors (Lipinski definition) is 1. The van der Waals surface area contributed by atoms with Crippen LogP contribution in [0, 0.1) is 5.82 Å². The number of ether oxygens (including phenoxy) is 1. The summed E-state index contributed by atoms with van der Waals surface area (Å²) in [6.45, 7) is 4.36. The molecule has 5 rings (SSSR count). The molecule has 0 bridgehead atoms. The van der Waals surface area contributed by atoms with Gasteiger partial charge in [0.1, 0.15) is 11.5 Å². The number of nitrogens with one attached hydrogen (secondary N) is 1. The standard InChI is InChI=1S/C29H31FN4O2/c1-3-25-27(34-16-4-5-26(36-2)28(34)32-25)29(35)31-19-20-6-12-24(13-7-20)33-17-14-22(15-18-33)21-8-10-23(30)11-9-21/h4-13,16,22H,3,14-15,17-19H2,1-2H3,(H,31,35). The molecule has 1 amide bonds. The first-order chi connectivity index (χ1) is 17.6. The van der Waals surface area contributed by atoms with Gasteiger partial charge >= 0.3 is 0 Å². The summed E-state index contributed by atoms with van der Waals surface area (Å²) in [5.74, 6) is 0.782. The Kier molecular flexibility index (Phi) is 6.89. The maximum atomic E-state index is 13.2. The van der Waals surface area contributed by atoms with Crippen LogP contribution >= 0.6 is 0 Å². The van der Waals surface area contributed by atoms with Gasteiger partial charge < -0.3 is 15.0 Å². The predicted molar refractivity (Wildman–Crippen MR) is 139 cm³/mol. The van der Waals surface area contributed by atoms with Crippen molar-refractivity contribution in [2.75, 3.05) is 25.1 Å². The predicted octanol–water partition coefficient (Wildman–Crippen LogP) is 5.36. The molecule has 2 aromatic heterocycles. The fourth-order valence-electron chi connectivity index (χ4n) is 5.03. The lowest BCUT2D eigenvalue weighted by molar-refractivity contribution is 0.0944. The highest BCUT2D eigenvalue weighted by Gasteiger charge is 2.22. The zero-order valence-electron chi connectivity index (χ0n) is 20.7. The van der Waals surface area contributed by atoms with Gasteiger partial charge in [-0.2, -0.15) is 0 Å². The molecule has 0 spiro atoms. The summed E-state index contributed by atoms with van der Waals surface area (Å²) in [7, 11) is 1.60. The molecular weight excluding hydrogens is 455 g/mol. The SMILES string of the molecule is CCc1nc2c(OC)cccn2c1C(=O)NCc1ccc(N2CCC(c3ccc(F)cc3)CC2)cc1. The third kappa shape index (κ3) is 4.78. The molecule has 186 valence electrons. The number of methoxy groups -OCH3 is 1. The van der Waals surface area contributed by atoms with Crippen LogP contribution in [0.25, 0.3) is 5.65 Å². The van der Waals surface area contributed by atoms with Crippen molar-refractivity contribution in [3.05, 3.63) is 95.2 Å². The number of fused-ring (bicyclic) bond motifs is 1. The summed E-state index contributed by atoms with van der Waals surface area (Å²) < 4.78 is 20.4. The molecular formula is C29H31FN4O2. The molecule has 1 aliphatic rings. The van der Waals surface area contributed by atoms with Gasteiger partial charge in [0.15, 0.2) is 11.4 Å². The lowest BCUT2D eigenvalue weighted by Gasteiger charge is -2.34. The first kappa shape index (κ1) is 23.9. The minimum Gasteiger partial charge on any atom is -0.493 e. The Balaban J connectivity index is 1.20. The molecule has 0 radical (unpaired) electrons. The largest absolute Gasteiger partial charge is 0.493 e. The molecule has 0 aliphatic carbocycles. The molecule has 1 N–H and O–H groups in total. The van der Waals surface area contributed by atoms with Gasteiger partial charge in [-0.1, -0.05) is 31.2 Å². The highest BCUT2D eigenvalue weighted by Crippen LogP contribution is 2.30. The highest BCUT2D eigenvalue weighted by atomic mass is 19.1. The van der Waals surface area contributed by atoms with Gasteiger partial charge in [0, 0.05) is 31.5 Å². The van der Waals surface area contributed by atoms with Crippen molar-refractivity contribution >= 4 is 17.2 Å². The first-order valence-electron chi connectivity index (χ1n) is 12.5. The molecule has 7 heteroatoms. The van der Waals surface area contributed by atoms with Gasteiger partial charge in [-0.15, -0.1) is 0 Å². The molecule has 6 nitrogen and oxygen atoms in total. The number of amides is 1. The Bertz CT molecular complexity index is 1340. The Morgan fingerprint density at radius 1 is 1.08 bits per heavy atom. The second-order valence-electron chi connectivity index (χ2n) is 9.19. The number of anilines is 1. The van der Waals surface area contributed by atoms with Gasteiger partial charge in [0.05, 0.1) is 12.8 Å². The van der Waals surface area contributed by atoms with Crippen molar-refractivity contribution in [3.8, 4) is 5.75 Å². The number of piperidine rings is 1. The van der Waals surface area contributed by atoms with Crippen LogP contribution in [0.1, 0.15) is 53.0 Å².